The Bertz CT molecular complexity index is 629. The lowest BCUT2D eigenvalue weighted by molar-refractivity contribution is 0.391. The molecule has 0 aliphatic heterocycles. The number of alkyl halides is 1. The Labute approximate surface area is 134 Å². The number of hydrogen-bond acceptors (Lipinski definition) is 3. The van der Waals surface area contributed by atoms with Crippen molar-refractivity contribution in [3.8, 4) is 17.2 Å². The predicted octanol–water partition coefficient (Wildman–Crippen LogP) is 4.69. The molecule has 2 rings (SSSR count). The summed E-state index contributed by atoms with van der Waals surface area (Å²) in [4.78, 5) is 0. The predicted molar refractivity (Wildman–Crippen MR) is 85.2 cm³/mol. The monoisotopic (exact) mass is 326 g/mol. The first-order valence-corrected chi connectivity index (χ1v) is 7.11. The Hall–Kier alpha value is -1.58. The van der Waals surface area contributed by atoms with Crippen LogP contribution in [0.3, 0.4) is 0 Å². The molecule has 0 heterocycles. The number of benzene rings is 2. The number of hydrogen-bond donors (Lipinski definition) is 0. The Morgan fingerprint density at radius 2 is 1.38 bits per heavy atom. The molecule has 5 heteroatoms. The van der Waals surface area contributed by atoms with Gasteiger partial charge in [0, 0.05) is 16.7 Å². The summed E-state index contributed by atoms with van der Waals surface area (Å²) in [5.41, 5.74) is 1.62. The van der Waals surface area contributed by atoms with Gasteiger partial charge in [0.2, 0.25) is 0 Å². The van der Waals surface area contributed by atoms with Gasteiger partial charge in [-0.3, -0.25) is 0 Å². The van der Waals surface area contributed by atoms with Gasteiger partial charge in [-0.05, 0) is 29.8 Å². The van der Waals surface area contributed by atoms with Crippen molar-refractivity contribution >= 4 is 23.2 Å². The van der Waals surface area contributed by atoms with Crippen molar-refractivity contribution in [2.24, 2.45) is 0 Å². The molecular weight excluding hydrogens is 311 g/mol. The normalized spacial score (nSPS) is 11.9. The highest BCUT2D eigenvalue weighted by atomic mass is 35.5. The fourth-order valence-corrected chi connectivity index (χ4v) is 2.74. The minimum atomic E-state index is -0.427. The van der Waals surface area contributed by atoms with Crippen LogP contribution >= 0.6 is 23.2 Å². The molecule has 0 aromatic heterocycles. The van der Waals surface area contributed by atoms with Crippen molar-refractivity contribution in [2.75, 3.05) is 21.3 Å². The summed E-state index contributed by atoms with van der Waals surface area (Å²) in [6.45, 7) is 0. The van der Waals surface area contributed by atoms with Crippen molar-refractivity contribution < 1.29 is 14.2 Å². The Morgan fingerprint density at radius 1 is 0.810 bits per heavy atom. The van der Waals surface area contributed by atoms with Gasteiger partial charge in [-0.15, -0.1) is 11.6 Å². The van der Waals surface area contributed by atoms with Crippen molar-refractivity contribution in [1.82, 2.24) is 0 Å². The van der Waals surface area contributed by atoms with E-state index < -0.39 is 5.38 Å². The maximum absolute atomic E-state index is 6.57. The third-order valence-corrected chi connectivity index (χ3v) is 3.99. The summed E-state index contributed by atoms with van der Waals surface area (Å²) in [6, 6.07) is 10.9. The van der Waals surface area contributed by atoms with Gasteiger partial charge in [0.25, 0.3) is 0 Å². The van der Waals surface area contributed by atoms with Crippen molar-refractivity contribution in [1.29, 1.82) is 0 Å². The Morgan fingerprint density at radius 3 is 1.90 bits per heavy atom. The van der Waals surface area contributed by atoms with Gasteiger partial charge in [-0.2, -0.15) is 0 Å². The molecule has 0 fully saturated rings. The fraction of sp³-hybridized carbons (Fsp3) is 0.250. The summed E-state index contributed by atoms with van der Waals surface area (Å²) < 4.78 is 15.7. The molecule has 1 atom stereocenters. The molecule has 2 aromatic rings. The largest absolute Gasteiger partial charge is 0.497 e. The van der Waals surface area contributed by atoms with Crippen LogP contribution in [0.2, 0.25) is 5.02 Å². The van der Waals surface area contributed by atoms with Crippen LogP contribution in [0.4, 0.5) is 0 Å². The average molecular weight is 327 g/mol. The molecule has 0 bridgehead atoms. The molecule has 0 radical (unpaired) electrons. The lowest BCUT2D eigenvalue weighted by atomic mass is 10.0. The van der Waals surface area contributed by atoms with E-state index in [1.807, 2.05) is 24.3 Å². The van der Waals surface area contributed by atoms with E-state index in [0.29, 0.717) is 22.3 Å². The summed E-state index contributed by atoms with van der Waals surface area (Å²) >= 11 is 12.8. The van der Waals surface area contributed by atoms with Crippen LogP contribution in [-0.2, 0) is 0 Å². The van der Waals surface area contributed by atoms with Crippen LogP contribution in [-0.4, -0.2) is 21.3 Å². The number of rotatable bonds is 5. The second-order valence-electron chi connectivity index (χ2n) is 4.36. The van der Waals surface area contributed by atoms with E-state index >= 15 is 0 Å². The topological polar surface area (TPSA) is 27.7 Å². The quantitative estimate of drug-likeness (QED) is 0.746. The zero-order valence-corrected chi connectivity index (χ0v) is 13.5. The molecular formula is C16H16Cl2O3. The number of ether oxygens (including phenoxy) is 3. The van der Waals surface area contributed by atoms with E-state index in [1.54, 1.807) is 33.5 Å². The molecule has 0 amide bonds. The van der Waals surface area contributed by atoms with Crippen molar-refractivity contribution in [3.63, 3.8) is 0 Å². The highest BCUT2D eigenvalue weighted by Gasteiger charge is 2.19. The summed E-state index contributed by atoms with van der Waals surface area (Å²) in [5.74, 6) is 2.05. The molecule has 0 aliphatic carbocycles. The van der Waals surface area contributed by atoms with E-state index in [0.717, 1.165) is 11.1 Å². The Kier molecular flexibility index (Phi) is 5.21. The van der Waals surface area contributed by atoms with Crippen LogP contribution in [0.15, 0.2) is 36.4 Å². The van der Waals surface area contributed by atoms with Gasteiger partial charge in [0.15, 0.2) is 0 Å². The summed E-state index contributed by atoms with van der Waals surface area (Å²) in [5, 5.41) is 0.122. The first-order valence-electron chi connectivity index (χ1n) is 6.30. The van der Waals surface area contributed by atoms with Crippen molar-refractivity contribution in [3.05, 3.63) is 52.5 Å². The molecule has 0 saturated carbocycles. The lowest BCUT2D eigenvalue weighted by Gasteiger charge is -2.17. The third-order valence-electron chi connectivity index (χ3n) is 3.19. The van der Waals surface area contributed by atoms with Gasteiger partial charge >= 0.3 is 0 Å². The van der Waals surface area contributed by atoms with Crippen LogP contribution in [0.25, 0.3) is 0 Å². The van der Waals surface area contributed by atoms with Crippen LogP contribution in [0, 0.1) is 0 Å². The van der Waals surface area contributed by atoms with Gasteiger partial charge in [0.05, 0.1) is 26.7 Å². The molecule has 0 saturated heterocycles. The second-order valence-corrected chi connectivity index (χ2v) is 5.20. The van der Waals surface area contributed by atoms with Crippen LogP contribution in [0.1, 0.15) is 16.5 Å². The molecule has 0 aliphatic rings. The standard InChI is InChI=1S/C16H16Cl2O3/c1-19-10-4-6-12(14(17)8-10)16(18)13-7-5-11(20-2)9-15(13)21-3/h4-9,16H,1-3H3. The highest BCUT2D eigenvalue weighted by Crippen LogP contribution is 2.40. The third kappa shape index (κ3) is 3.36. The fourth-order valence-electron chi connectivity index (χ4n) is 2.04. The maximum Gasteiger partial charge on any atom is 0.127 e. The zero-order chi connectivity index (χ0) is 15.4. The Balaban J connectivity index is 2.42. The van der Waals surface area contributed by atoms with E-state index in [-0.39, 0.29) is 0 Å². The minimum Gasteiger partial charge on any atom is -0.497 e. The van der Waals surface area contributed by atoms with E-state index in [9.17, 15) is 0 Å². The SMILES string of the molecule is COc1ccc(C(Cl)c2ccc(OC)cc2OC)c(Cl)c1. The molecule has 112 valence electrons. The second kappa shape index (κ2) is 6.92. The summed E-state index contributed by atoms with van der Waals surface area (Å²) in [7, 11) is 4.79. The molecule has 3 nitrogen and oxygen atoms in total. The molecule has 0 N–H and O–H groups in total. The average Bonchev–Trinajstić information content (AvgIpc) is 2.53. The van der Waals surface area contributed by atoms with Gasteiger partial charge in [0.1, 0.15) is 17.2 Å². The van der Waals surface area contributed by atoms with E-state index in [2.05, 4.69) is 0 Å². The van der Waals surface area contributed by atoms with Crippen LogP contribution < -0.4 is 14.2 Å². The van der Waals surface area contributed by atoms with Crippen molar-refractivity contribution in [2.45, 2.75) is 5.38 Å². The van der Waals surface area contributed by atoms with E-state index in [4.69, 9.17) is 37.4 Å². The molecule has 1 unspecified atom stereocenters. The highest BCUT2D eigenvalue weighted by molar-refractivity contribution is 6.33. The molecule has 0 spiro atoms. The first kappa shape index (κ1) is 15.8. The zero-order valence-electron chi connectivity index (χ0n) is 12.0. The molecule has 2 aromatic carbocycles. The molecule has 21 heavy (non-hydrogen) atoms. The first-order chi connectivity index (χ1) is 10.1. The number of methoxy groups -OCH3 is 3. The van der Waals surface area contributed by atoms with Gasteiger partial charge in [-0.1, -0.05) is 17.7 Å². The van der Waals surface area contributed by atoms with Gasteiger partial charge in [-0.25, -0.2) is 0 Å². The van der Waals surface area contributed by atoms with Crippen LogP contribution in [0.5, 0.6) is 17.2 Å². The van der Waals surface area contributed by atoms with E-state index in [1.165, 1.54) is 0 Å². The summed E-state index contributed by atoms with van der Waals surface area (Å²) in [6.07, 6.45) is 0. The lowest BCUT2D eigenvalue weighted by Crippen LogP contribution is -1.99. The van der Waals surface area contributed by atoms with Gasteiger partial charge < -0.3 is 14.2 Å². The maximum atomic E-state index is 6.57. The number of halogens is 2. The smallest absolute Gasteiger partial charge is 0.127 e. The minimum absolute atomic E-state index is 0.427.